The summed E-state index contributed by atoms with van der Waals surface area (Å²) < 4.78 is 0. The first kappa shape index (κ1) is 37.5. The van der Waals surface area contributed by atoms with Crippen molar-refractivity contribution in [2.24, 2.45) is 0 Å². The number of nitrogens with one attached hydrogen (secondary N) is 1. The fraction of sp³-hybridized carbons (Fsp3) is 0.812. The van der Waals surface area contributed by atoms with Crippen LogP contribution in [0.25, 0.3) is 0 Å². The Morgan fingerprint density at radius 3 is 1.51 bits per heavy atom. The van der Waals surface area contributed by atoms with Crippen LogP contribution in [-0.2, 0) is 9.59 Å². The zero-order chi connectivity index (χ0) is 29.0. The molecule has 228 valence electrons. The van der Waals surface area contributed by atoms with Gasteiger partial charge in [0.05, 0.1) is 6.61 Å². The monoisotopic (exact) mass is 553 g/mol. The molecule has 0 saturated carbocycles. The van der Waals surface area contributed by atoms with Crippen LogP contribution in [0, 0.1) is 0 Å². The van der Waals surface area contributed by atoms with E-state index in [2.05, 4.69) is 12.2 Å². The van der Waals surface area contributed by atoms with Crippen molar-refractivity contribution in [2.75, 3.05) is 6.61 Å². The Labute approximate surface area is 238 Å². The van der Waals surface area contributed by atoms with Crippen LogP contribution in [0.5, 0.6) is 0 Å². The van der Waals surface area contributed by atoms with Gasteiger partial charge in [0.2, 0.25) is 5.91 Å². The van der Waals surface area contributed by atoms with Crippen LogP contribution >= 0.6 is 0 Å². The maximum absolute atomic E-state index is 11.9. The number of carbonyl (C=O) groups excluding carboxylic acids is 2. The number of aliphatic hydroxyl groups is 4. The summed E-state index contributed by atoms with van der Waals surface area (Å²) in [4.78, 5) is 23.0. The van der Waals surface area contributed by atoms with Gasteiger partial charge in [-0.2, -0.15) is 0 Å². The Morgan fingerprint density at radius 2 is 1.10 bits per heavy atom. The summed E-state index contributed by atoms with van der Waals surface area (Å²) in [6.45, 7) is 1.50. The Balaban J connectivity index is 3.58. The second-order valence-electron chi connectivity index (χ2n) is 10.8. The molecular formula is C32H59NO6. The van der Waals surface area contributed by atoms with E-state index in [4.69, 9.17) is 5.11 Å². The maximum Gasteiger partial charge on any atom is 0.244 e. The quantitative estimate of drug-likeness (QED) is 0.0367. The van der Waals surface area contributed by atoms with Gasteiger partial charge in [0.25, 0.3) is 0 Å². The highest BCUT2D eigenvalue weighted by Crippen LogP contribution is 2.15. The number of hydrogen-bond donors (Lipinski definition) is 5. The molecule has 5 N–H and O–H groups in total. The minimum absolute atomic E-state index is 0.277. The molecule has 1 amide bonds. The molecule has 0 radical (unpaired) electrons. The number of amides is 1. The summed E-state index contributed by atoms with van der Waals surface area (Å²) in [5.41, 5.74) is 0. The molecule has 0 aromatic carbocycles. The zero-order valence-electron chi connectivity index (χ0n) is 24.7. The van der Waals surface area contributed by atoms with Crippen molar-refractivity contribution in [3.8, 4) is 0 Å². The van der Waals surface area contributed by atoms with Gasteiger partial charge in [0.1, 0.15) is 30.6 Å². The number of carbonyl (C=O) groups is 2. The van der Waals surface area contributed by atoms with E-state index in [-0.39, 0.29) is 6.29 Å². The third-order valence-electron chi connectivity index (χ3n) is 7.22. The van der Waals surface area contributed by atoms with E-state index in [1.165, 1.54) is 122 Å². The predicted octanol–water partition coefficient (Wildman–Crippen LogP) is 5.68. The van der Waals surface area contributed by atoms with E-state index < -0.39 is 36.9 Å². The lowest BCUT2D eigenvalue weighted by molar-refractivity contribution is -0.128. The number of aldehydes is 1. The fourth-order valence-electron chi connectivity index (χ4n) is 4.62. The molecule has 0 heterocycles. The van der Waals surface area contributed by atoms with Gasteiger partial charge in [-0.1, -0.05) is 141 Å². The highest BCUT2D eigenvalue weighted by Gasteiger charge is 2.31. The molecule has 0 spiro atoms. The minimum atomic E-state index is -1.76. The fourth-order valence-corrected chi connectivity index (χ4v) is 4.62. The second-order valence-corrected chi connectivity index (χ2v) is 10.8. The summed E-state index contributed by atoms with van der Waals surface area (Å²) in [6.07, 6.45) is 28.5. The van der Waals surface area contributed by atoms with Crippen LogP contribution in [0.1, 0.15) is 135 Å². The Bertz CT molecular complexity index is 624. The lowest BCUT2D eigenvalue weighted by Gasteiger charge is -2.25. The first-order valence-electron chi connectivity index (χ1n) is 15.7. The average molecular weight is 554 g/mol. The molecule has 0 aromatic rings. The van der Waals surface area contributed by atoms with Gasteiger partial charge in [-0.25, -0.2) is 0 Å². The smallest absolute Gasteiger partial charge is 0.244 e. The van der Waals surface area contributed by atoms with Crippen LogP contribution in [0.15, 0.2) is 24.3 Å². The third-order valence-corrected chi connectivity index (χ3v) is 7.22. The average Bonchev–Trinajstić information content (AvgIpc) is 2.95. The largest absolute Gasteiger partial charge is 0.394 e. The molecule has 4 atom stereocenters. The van der Waals surface area contributed by atoms with Crippen LogP contribution in [0.3, 0.4) is 0 Å². The lowest BCUT2D eigenvalue weighted by atomic mass is 10.0. The molecule has 0 aliphatic carbocycles. The molecule has 0 saturated heterocycles. The van der Waals surface area contributed by atoms with Crippen molar-refractivity contribution >= 4 is 12.2 Å². The maximum atomic E-state index is 11.9. The van der Waals surface area contributed by atoms with Crippen molar-refractivity contribution in [2.45, 2.75) is 160 Å². The van der Waals surface area contributed by atoms with Gasteiger partial charge in [-0.15, -0.1) is 0 Å². The zero-order valence-corrected chi connectivity index (χ0v) is 24.7. The van der Waals surface area contributed by atoms with Crippen molar-refractivity contribution in [3.05, 3.63) is 24.3 Å². The van der Waals surface area contributed by atoms with E-state index >= 15 is 0 Å². The van der Waals surface area contributed by atoms with Crippen LogP contribution in [0.2, 0.25) is 0 Å². The summed E-state index contributed by atoms with van der Waals surface area (Å²) >= 11 is 0. The summed E-state index contributed by atoms with van der Waals surface area (Å²) in [7, 11) is 0. The molecule has 0 aliphatic heterocycles. The summed E-state index contributed by atoms with van der Waals surface area (Å²) in [5, 5.41) is 40.0. The standard InChI is InChI=1S/C32H59NO6/c1-2-3-4-5-6-7-8-9-10-11-12-13-14-15-16-17-18-19-20-21-22-23-24-25-30(37)33-28(26-34)31(38)32(39)29(36)27-35/h22-26,28-29,31-32,35-36,38-39H,2-21,27H2,1H3,(H,33,37)/t28-,29+,31+,32+/m0/s1. The van der Waals surface area contributed by atoms with Crippen molar-refractivity contribution < 1.29 is 30.0 Å². The molecule has 0 aromatic heterocycles. The van der Waals surface area contributed by atoms with E-state index in [1.54, 1.807) is 12.2 Å². The van der Waals surface area contributed by atoms with Gasteiger partial charge in [0.15, 0.2) is 0 Å². The molecule has 0 bridgehead atoms. The molecule has 7 heteroatoms. The first-order valence-corrected chi connectivity index (χ1v) is 15.7. The predicted molar refractivity (Wildman–Crippen MR) is 159 cm³/mol. The SMILES string of the molecule is CCCCCCCCCCCCCCCCCCCCCC=CC=CC(=O)N[C@@H](C=O)[C@@H](O)[C@H](O)[C@H](O)CO. The molecule has 0 unspecified atom stereocenters. The van der Waals surface area contributed by atoms with Crippen molar-refractivity contribution in [1.82, 2.24) is 5.32 Å². The Morgan fingerprint density at radius 1 is 0.667 bits per heavy atom. The Kier molecular flexibility index (Phi) is 26.9. The molecule has 0 fully saturated rings. The van der Waals surface area contributed by atoms with E-state index in [0.29, 0.717) is 0 Å². The molecule has 0 rings (SSSR count). The van der Waals surface area contributed by atoms with Crippen molar-refractivity contribution in [3.63, 3.8) is 0 Å². The van der Waals surface area contributed by atoms with Gasteiger partial charge in [-0.05, 0) is 12.8 Å². The molecule has 39 heavy (non-hydrogen) atoms. The minimum Gasteiger partial charge on any atom is -0.394 e. The highest BCUT2D eigenvalue weighted by atomic mass is 16.4. The summed E-state index contributed by atoms with van der Waals surface area (Å²) in [6, 6.07) is -1.40. The molecule has 7 nitrogen and oxygen atoms in total. The van der Waals surface area contributed by atoms with Crippen LogP contribution in [0.4, 0.5) is 0 Å². The van der Waals surface area contributed by atoms with Crippen molar-refractivity contribution in [1.29, 1.82) is 0 Å². The van der Waals surface area contributed by atoms with Crippen LogP contribution < -0.4 is 5.32 Å². The number of allylic oxidation sites excluding steroid dienone is 3. The van der Waals surface area contributed by atoms with E-state index in [1.807, 2.05) is 6.08 Å². The Hall–Kier alpha value is -1.54. The lowest BCUT2D eigenvalue weighted by Crippen LogP contribution is -2.53. The highest BCUT2D eigenvalue weighted by molar-refractivity contribution is 5.89. The number of aliphatic hydroxyl groups excluding tert-OH is 4. The van der Waals surface area contributed by atoms with E-state index in [0.717, 1.165) is 12.8 Å². The number of hydrogen-bond acceptors (Lipinski definition) is 6. The first-order chi connectivity index (χ1) is 19.0. The number of unbranched alkanes of at least 4 members (excludes halogenated alkanes) is 19. The van der Waals surface area contributed by atoms with Gasteiger partial charge >= 0.3 is 0 Å². The van der Waals surface area contributed by atoms with Gasteiger partial charge in [-0.3, -0.25) is 4.79 Å². The van der Waals surface area contributed by atoms with Gasteiger partial charge < -0.3 is 30.5 Å². The van der Waals surface area contributed by atoms with Crippen LogP contribution in [-0.4, -0.2) is 63.6 Å². The normalized spacial score (nSPS) is 15.0. The summed E-state index contributed by atoms with van der Waals surface area (Å²) in [5.74, 6) is -0.606. The second kappa shape index (κ2) is 28.0. The topological polar surface area (TPSA) is 127 Å². The van der Waals surface area contributed by atoms with Gasteiger partial charge in [0, 0.05) is 6.08 Å². The molecule has 0 aliphatic rings. The third kappa shape index (κ3) is 22.9. The molecular weight excluding hydrogens is 494 g/mol. The number of rotatable bonds is 28. The van der Waals surface area contributed by atoms with E-state index in [9.17, 15) is 24.9 Å².